The zero-order valence-corrected chi connectivity index (χ0v) is 12.2. The molecule has 0 amide bonds. The second-order valence-electron chi connectivity index (χ2n) is 5.39. The van der Waals surface area contributed by atoms with Crippen LogP contribution in [0.2, 0.25) is 0 Å². The van der Waals surface area contributed by atoms with Gasteiger partial charge in [-0.25, -0.2) is 0 Å². The summed E-state index contributed by atoms with van der Waals surface area (Å²) in [5, 5.41) is 1.11. The molecule has 3 rings (SSSR count). The third-order valence-electron chi connectivity index (χ3n) is 3.99. The lowest BCUT2D eigenvalue weighted by Crippen LogP contribution is -2.35. The number of aromatic nitrogens is 1. The van der Waals surface area contributed by atoms with E-state index < -0.39 is 0 Å². The second kappa shape index (κ2) is 6.28. The zero-order chi connectivity index (χ0) is 14.7. The number of rotatable bonds is 5. The Hall–Kier alpha value is -1.85. The maximum Gasteiger partial charge on any atom is 0.293 e. The molecule has 5 heteroatoms. The number of hydrogen-bond acceptors (Lipinski definition) is 4. The number of morpholine rings is 1. The van der Waals surface area contributed by atoms with Gasteiger partial charge >= 0.3 is 0 Å². The minimum atomic E-state index is -0.235. The Morgan fingerprint density at radius 1 is 1.43 bits per heavy atom. The molecule has 1 aliphatic rings. The molecule has 1 saturated heterocycles. The first kappa shape index (κ1) is 14.1. The Balaban J connectivity index is 1.79. The largest absolute Gasteiger partial charge is 0.460 e. The van der Waals surface area contributed by atoms with Crippen LogP contribution >= 0.6 is 0 Å². The molecule has 0 bridgehead atoms. The van der Waals surface area contributed by atoms with Gasteiger partial charge in [0, 0.05) is 42.3 Å². The van der Waals surface area contributed by atoms with E-state index in [0.29, 0.717) is 6.47 Å². The lowest BCUT2D eigenvalue weighted by molar-refractivity contribution is -0.133. The molecule has 1 aromatic heterocycles. The molecule has 0 saturated carbocycles. The fraction of sp³-hybridized carbons (Fsp3) is 0.438. The summed E-state index contributed by atoms with van der Waals surface area (Å²) in [6, 6.07) is 6.41. The van der Waals surface area contributed by atoms with Crippen LogP contribution in [0.4, 0.5) is 0 Å². The molecule has 1 aromatic carbocycles. The summed E-state index contributed by atoms with van der Waals surface area (Å²) in [6.45, 7) is 6.91. The van der Waals surface area contributed by atoms with Gasteiger partial charge < -0.3 is 14.5 Å². The number of carbonyl (C=O) groups excluding carboxylic acids is 1. The zero-order valence-electron chi connectivity index (χ0n) is 12.2. The minimum absolute atomic E-state index is 0.235. The number of benzene rings is 1. The Bertz CT molecular complexity index is 617. The van der Waals surface area contributed by atoms with Gasteiger partial charge in [0.05, 0.1) is 13.2 Å². The number of nitrogens with zero attached hydrogens (tertiary/aromatic N) is 1. The number of carbonyl (C=O) groups is 1. The third kappa shape index (κ3) is 3.09. The number of nitrogens with one attached hydrogen (secondary N) is 1. The summed E-state index contributed by atoms with van der Waals surface area (Å²) in [5.74, 6) is 0. The van der Waals surface area contributed by atoms with E-state index in [1.54, 1.807) is 0 Å². The lowest BCUT2D eigenvalue weighted by Gasteiger charge is -2.26. The molecule has 0 radical (unpaired) electrons. The van der Waals surface area contributed by atoms with E-state index >= 15 is 0 Å². The van der Waals surface area contributed by atoms with Crippen LogP contribution < -0.4 is 0 Å². The van der Waals surface area contributed by atoms with Crippen LogP contribution in [-0.2, 0) is 20.8 Å². The maximum atomic E-state index is 10.5. The van der Waals surface area contributed by atoms with Gasteiger partial charge in [-0.15, -0.1) is 0 Å². The van der Waals surface area contributed by atoms with Gasteiger partial charge in [-0.05, 0) is 18.6 Å². The van der Waals surface area contributed by atoms with Crippen LogP contribution in [0, 0.1) is 0 Å². The van der Waals surface area contributed by atoms with Crippen molar-refractivity contribution in [3.05, 3.63) is 35.5 Å². The standard InChI is InChI=1S/C16H20N2O3/c1-12(21-11-19)15-9-17-16-8-13(2-3-14(15)16)10-18-4-6-20-7-5-18/h2-3,8-9,11-12,17H,4-7,10H2,1H3. The SMILES string of the molecule is CC(OC=O)c1c[nH]c2cc(CN3CCOCC3)ccc12. The highest BCUT2D eigenvalue weighted by Crippen LogP contribution is 2.27. The van der Waals surface area contributed by atoms with E-state index in [2.05, 4.69) is 28.1 Å². The average Bonchev–Trinajstić information content (AvgIpc) is 2.92. The highest BCUT2D eigenvalue weighted by atomic mass is 16.5. The average molecular weight is 288 g/mol. The quantitative estimate of drug-likeness (QED) is 0.857. The van der Waals surface area contributed by atoms with Crippen molar-refractivity contribution >= 4 is 17.4 Å². The van der Waals surface area contributed by atoms with Crippen molar-refractivity contribution in [1.29, 1.82) is 0 Å². The van der Waals surface area contributed by atoms with E-state index in [9.17, 15) is 4.79 Å². The van der Waals surface area contributed by atoms with Crippen molar-refractivity contribution < 1.29 is 14.3 Å². The fourth-order valence-corrected chi connectivity index (χ4v) is 2.80. The molecule has 1 fully saturated rings. The molecule has 2 heterocycles. The van der Waals surface area contributed by atoms with Crippen molar-refractivity contribution in [3.63, 3.8) is 0 Å². The van der Waals surface area contributed by atoms with E-state index in [1.165, 1.54) is 5.56 Å². The third-order valence-corrected chi connectivity index (χ3v) is 3.99. The molecule has 5 nitrogen and oxygen atoms in total. The van der Waals surface area contributed by atoms with E-state index in [0.717, 1.165) is 49.3 Å². The van der Waals surface area contributed by atoms with E-state index in [-0.39, 0.29) is 6.10 Å². The predicted octanol–water partition coefficient (Wildman–Crippen LogP) is 2.23. The molecule has 1 atom stereocenters. The van der Waals surface area contributed by atoms with Crippen molar-refractivity contribution in [3.8, 4) is 0 Å². The Morgan fingerprint density at radius 3 is 3.00 bits per heavy atom. The number of fused-ring (bicyclic) bond motifs is 1. The monoisotopic (exact) mass is 288 g/mol. The van der Waals surface area contributed by atoms with Crippen LogP contribution in [0.1, 0.15) is 24.2 Å². The molecule has 1 unspecified atom stereocenters. The molecule has 112 valence electrons. The molecule has 0 spiro atoms. The maximum absolute atomic E-state index is 10.5. The number of aromatic amines is 1. The molecule has 1 N–H and O–H groups in total. The summed E-state index contributed by atoms with van der Waals surface area (Å²) in [7, 11) is 0. The van der Waals surface area contributed by atoms with Gasteiger partial charge in [0.25, 0.3) is 6.47 Å². The molecule has 0 aliphatic carbocycles. The first-order chi connectivity index (χ1) is 10.3. The van der Waals surface area contributed by atoms with Crippen LogP contribution in [-0.4, -0.2) is 42.7 Å². The van der Waals surface area contributed by atoms with Gasteiger partial charge in [0.2, 0.25) is 0 Å². The molecular weight excluding hydrogens is 268 g/mol. The topological polar surface area (TPSA) is 54.6 Å². The normalized spacial score (nSPS) is 17.8. The number of H-pyrrole nitrogens is 1. The van der Waals surface area contributed by atoms with Gasteiger partial charge in [-0.3, -0.25) is 9.69 Å². The highest BCUT2D eigenvalue weighted by Gasteiger charge is 2.14. The van der Waals surface area contributed by atoms with Crippen LogP contribution in [0.5, 0.6) is 0 Å². The summed E-state index contributed by atoms with van der Waals surface area (Å²) in [6.07, 6.45) is 1.68. The Labute approximate surface area is 123 Å². The van der Waals surface area contributed by atoms with Crippen molar-refractivity contribution in [2.45, 2.75) is 19.6 Å². The van der Waals surface area contributed by atoms with Crippen LogP contribution in [0.3, 0.4) is 0 Å². The summed E-state index contributed by atoms with van der Waals surface area (Å²) in [4.78, 5) is 16.1. The van der Waals surface area contributed by atoms with Gasteiger partial charge in [0.15, 0.2) is 0 Å². The summed E-state index contributed by atoms with van der Waals surface area (Å²) in [5.41, 5.74) is 3.37. The number of ether oxygens (including phenoxy) is 2. The molecule has 2 aromatic rings. The van der Waals surface area contributed by atoms with E-state index in [4.69, 9.17) is 9.47 Å². The van der Waals surface area contributed by atoms with E-state index in [1.807, 2.05) is 13.1 Å². The minimum Gasteiger partial charge on any atom is -0.460 e. The van der Waals surface area contributed by atoms with Crippen LogP contribution in [0.25, 0.3) is 10.9 Å². The van der Waals surface area contributed by atoms with Gasteiger partial charge in [-0.2, -0.15) is 0 Å². The first-order valence-corrected chi connectivity index (χ1v) is 7.27. The van der Waals surface area contributed by atoms with Crippen molar-refractivity contribution in [2.24, 2.45) is 0 Å². The Morgan fingerprint density at radius 2 is 2.24 bits per heavy atom. The highest BCUT2D eigenvalue weighted by molar-refractivity contribution is 5.84. The molecular formula is C16H20N2O3. The summed E-state index contributed by atoms with van der Waals surface area (Å²) < 4.78 is 10.4. The second-order valence-corrected chi connectivity index (χ2v) is 5.39. The molecule has 21 heavy (non-hydrogen) atoms. The van der Waals surface area contributed by atoms with Crippen molar-refractivity contribution in [1.82, 2.24) is 9.88 Å². The summed E-state index contributed by atoms with van der Waals surface area (Å²) >= 11 is 0. The van der Waals surface area contributed by atoms with Crippen LogP contribution in [0.15, 0.2) is 24.4 Å². The lowest BCUT2D eigenvalue weighted by atomic mass is 10.1. The first-order valence-electron chi connectivity index (χ1n) is 7.27. The number of hydrogen-bond donors (Lipinski definition) is 1. The fourth-order valence-electron chi connectivity index (χ4n) is 2.80. The predicted molar refractivity (Wildman–Crippen MR) is 80.0 cm³/mol. The van der Waals surface area contributed by atoms with Gasteiger partial charge in [0.1, 0.15) is 6.10 Å². The van der Waals surface area contributed by atoms with Crippen molar-refractivity contribution in [2.75, 3.05) is 26.3 Å². The van der Waals surface area contributed by atoms with Gasteiger partial charge in [-0.1, -0.05) is 12.1 Å². The molecule has 1 aliphatic heterocycles. The smallest absolute Gasteiger partial charge is 0.293 e. The Kier molecular flexibility index (Phi) is 4.22.